The molecule has 2 N–H and O–H groups in total. The number of hydrogen-bond donors (Lipinski definition) is 2. The third kappa shape index (κ3) is 1.51. The standard InChI is InChI=1S/C8H13N3O2/c12-7-8(13)11(5-4-10-7)6-2-1-3-9-6/h6,9H,1-5H2,(H,10,12). The fourth-order valence-electron chi connectivity index (χ4n) is 1.83. The van der Waals surface area contributed by atoms with Crippen molar-refractivity contribution in [3.63, 3.8) is 0 Å². The van der Waals surface area contributed by atoms with Crippen molar-refractivity contribution in [3.8, 4) is 0 Å². The molecule has 5 nitrogen and oxygen atoms in total. The van der Waals surface area contributed by atoms with E-state index in [1.807, 2.05) is 0 Å². The normalized spacial score (nSPS) is 29.2. The molecule has 2 aliphatic heterocycles. The number of rotatable bonds is 1. The van der Waals surface area contributed by atoms with Gasteiger partial charge in [-0.25, -0.2) is 0 Å². The molecule has 2 heterocycles. The summed E-state index contributed by atoms with van der Waals surface area (Å²) in [5.74, 6) is -0.870. The van der Waals surface area contributed by atoms with Gasteiger partial charge < -0.3 is 10.2 Å². The largest absolute Gasteiger partial charge is 0.346 e. The highest BCUT2D eigenvalue weighted by Crippen LogP contribution is 2.11. The average molecular weight is 183 g/mol. The molecule has 0 aliphatic carbocycles. The van der Waals surface area contributed by atoms with Gasteiger partial charge in [-0.15, -0.1) is 0 Å². The lowest BCUT2D eigenvalue weighted by molar-refractivity contribution is -0.150. The summed E-state index contributed by atoms with van der Waals surface area (Å²) in [6.07, 6.45) is 2.12. The van der Waals surface area contributed by atoms with Crippen molar-refractivity contribution in [1.29, 1.82) is 0 Å². The number of piperazine rings is 1. The molecule has 5 heteroatoms. The molecule has 2 saturated heterocycles. The van der Waals surface area contributed by atoms with Crippen molar-refractivity contribution in [2.24, 2.45) is 0 Å². The Morgan fingerprint density at radius 1 is 1.31 bits per heavy atom. The number of nitrogens with one attached hydrogen (secondary N) is 2. The minimum atomic E-state index is -0.472. The van der Waals surface area contributed by atoms with Gasteiger partial charge in [-0.3, -0.25) is 14.9 Å². The average Bonchev–Trinajstić information content (AvgIpc) is 2.62. The van der Waals surface area contributed by atoms with Gasteiger partial charge in [-0.05, 0) is 19.4 Å². The molecule has 0 aromatic carbocycles. The topological polar surface area (TPSA) is 61.4 Å². The zero-order chi connectivity index (χ0) is 9.26. The fourth-order valence-corrected chi connectivity index (χ4v) is 1.83. The molecule has 2 amide bonds. The SMILES string of the molecule is O=C1NCCN(C2CCCN2)C1=O. The highest BCUT2D eigenvalue weighted by atomic mass is 16.2. The molecule has 2 aliphatic rings. The molecular formula is C8H13N3O2. The Labute approximate surface area is 76.5 Å². The van der Waals surface area contributed by atoms with Gasteiger partial charge in [0.05, 0.1) is 6.17 Å². The first kappa shape index (κ1) is 8.50. The smallest absolute Gasteiger partial charge is 0.313 e. The van der Waals surface area contributed by atoms with E-state index in [-0.39, 0.29) is 6.17 Å². The minimum absolute atomic E-state index is 0.0820. The van der Waals surface area contributed by atoms with Crippen LogP contribution in [0.25, 0.3) is 0 Å². The molecule has 0 bridgehead atoms. The molecule has 13 heavy (non-hydrogen) atoms. The Morgan fingerprint density at radius 2 is 2.15 bits per heavy atom. The van der Waals surface area contributed by atoms with Crippen LogP contribution in [-0.2, 0) is 9.59 Å². The first-order valence-electron chi connectivity index (χ1n) is 4.61. The first-order valence-corrected chi connectivity index (χ1v) is 4.61. The van der Waals surface area contributed by atoms with E-state index >= 15 is 0 Å². The number of hydrogen-bond acceptors (Lipinski definition) is 3. The maximum absolute atomic E-state index is 11.4. The quantitative estimate of drug-likeness (QED) is 0.494. The first-order chi connectivity index (χ1) is 6.29. The van der Waals surface area contributed by atoms with Crippen molar-refractivity contribution in [3.05, 3.63) is 0 Å². The fraction of sp³-hybridized carbons (Fsp3) is 0.750. The summed E-state index contributed by atoms with van der Waals surface area (Å²) in [6, 6.07) is 0. The van der Waals surface area contributed by atoms with E-state index in [1.165, 1.54) is 0 Å². The Balaban J connectivity index is 2.04. The summed E-state index contributed by atoms with van der Waals surface area (Å²) in [5, 5.41) is 5.73. The molecule has 1 unspecified atom stereocenters. The molecule has 1 atom stereocenters. The summed E-state index contributed by atoms with van der Waals surface area (Å²) in [6.45, 7) is 2.14. The van der Waals surface area contributed by atoms with Crippen molar-refractivity contribution in [1.82, 2.24) is 15.5 Å². The number of nitrogens with zero attached hydrogens (tertiary/aromatic N) is 1. The zero-order valence-corrected chi connectivity index (χ0v) is 7.38. The van der Waals surface area contributed by atoms with Crippen LogP contribution >= 0.6 is 0 Å². The second-order valence-electron chi connectivity index (χ2n) is 3.37. The highest BCUT2D eigenvalue weighted by Gasteiger charge is 2.32. The van der Waals surface area contributed by atoms with Crippen molar-refractivity contribution in [2.45, 2.75) is 19.0 Å². The van der Waals surface area contributed by atoms with E-state index in [9.17, 15) is 9.59 Å². The van der Waals surface area contributed by atoms with Crippen LogP contribution in [0.1, 0.15) is 12.8 Å². The van der Waals surface area contributed by atoms with E-state index in [2.05, 4.69) is 10.6 Å². The summed E-state index contributed by atoms with van der Waals surface area (Å²) >= 11 is 0. The lowest BCUT2D eigenvalue weighted by atomic mass is 10.2. The molecule has 0 saturated carbocycles. The monoisotopic (exact) mass is 183 g/mol. The van der Waals surface area contributed by atoms with E-state index in [0.717, 1.165) is 19.4 Å². The molecule has 0 spiro atoms. The van der Waals surface area contributed by atoms with Crippen LogP contribution in [-0.4, -0.2) is 42.5 Å². The summed E-state index contributed by atoms with van der Waals surface area (Å²) < 4.78 is 0. The van der Waals surface area contributed by atoms with Gasteiger partial charge in [-0.1, -0.05) is 0 Å². The zero-order valence-electron chi connectivity index (χ0n) is 7.38. The van der Waals surface area contributed by atoms with Crippen LogP contribution in [0.3, 0.4) is 0 Å². The molecular weight excluding hydrogens is 170 g/mol. The van der Waals surface area contributed by atoms with Crippen molar-refractivity contribution in [2.75, 3.05) is 19.6 Å². The molecule has 72 valence electrons. The van der Waals surface area contributed by atoms with E-state index in [1.54, 1.807) is 4.90 Å². The second kappa shape index (κ2) is 3.33. The van der Waals surface area contributed by atoms with E-state index < -0.39 is 11.8 Å². The van der Waals surface area contributed by atoms with Crippen LogP contribution in [0.4, 0.5) is 0 Å². The van der Waals surface area contributed by atoms with Crippen LogP contribution < -0.4 is 10.6 Å². The predicted octanol–water partition coefficient (Wildman–Crippen LogP) is -1.35. The molecule has 0 aromatic rings. The summed E-state index contributed by atoms with van der Waals surface area (Å²) in [7, 11) is 0. The molecule has 2 fully saturated rings. The van der Waals surface area contributed by atoms with Gasteiger partial charge >= 0.3 is 11.8 Å². The third-order valence-electron chi connectivity index (χ3n) is 2.50. The second-order valence-corrected chi connectivity index (χ2v) is 3.37. The van der Waals surface area contributed by atoms with Crippen LogP contribution in [0.5, 0.6) is 0 Å². The number of amides is 2. The number of carbonyl (C=O) groups is 2. The maximum atomic E-state index is 11.4. The Hall–Kier alpha value is -1.10. The van der Waals surface area contributed by atoms with Crippen molar-refractivity contribution >= 4 is 11.8 Å². The van der Waals surface area contributed by atoms with E-state index in [4.69, 9.17) is 0 Å². The number of carbonyl (C=O) groups excluding carboxylic acids is 2. The van der Waals surface area contributed by atoms with Crippen molar-refractivity contribution < 1.29 is 9.59 Å². The van der Waals surface area contributed by atoms with E-state index in [0.29, 0.717) is 13.1 Å². The maximum Gasteiger partial charge on any atom is 0.313 e. The lowest BCUT2D eigenvalue weighted by Crippen LogP contribution is -2.57. The summed E-state index contributed by atoms with van der Waals surface area (Å²) in [5.41, 5.74) is 0. The lowest BCUT2D eigenvalue weighted by Gasteiger charge is -2.31. The summed E-state index contributed by atoms with van der Waals surface area (Å²) in [4.78, 5) is 24.0. The van der Waals surface area contributed by atoms with Gasteiger partial charge in [0, 0.05) is 13.1 Å². The molecule has 2 rings (SSSR count). The van der Waals surface area contributed by atoms with Gasteiger partial charge in [0.25, 0.3) is 0 Å². The van der Waals surface area contributed by atoms with Gasteiger partial charge in [0.15, 0.2) is 0 Å². The Bertz CT molecular complexity index is 236. The van der Waals surface area contributed by atoms with Gasteiger partial charge in [0.2, 0.25) is 0 Å². The van der Waals surface area contributed by atoms with Crippen LogP contribution in [0, 0.1) is 0 Å². The molecule has 0 radical (unpaired) electrons. The minimum Gasteiger partial charge on any atom is -0.346 e. The molecule has 0 aromatic heterocycles. The predicted molar refractivity (Wildman–Crippen MR) is 45.7 cm³/mol. The Kier molecular flexibility index (Phi) is 2.18. The van der Waals surface area contributed by atoms with Gasteiger partial charge in [-0.2, -0.15) is 0 Å². The van der Waals surface area contributed by atoms with Gasteiger partial charge in [0.1, 0.15) is 0 Å². The van der Waals surface area contributed by atoms with Crippen LogP contribution in [0.2, 0.25) is 0 Å². The third-order valence-corrected chi connectivity index (χ3v) is 2.50. The Morgan fingerprint density at radius 3 is 2.85 bits per heavy atom. The highest BCUT2D eigenvalue weighted by molar-refractivity contribution is 6.35. The van der Waals surface area contributed by atoms with Crippen LogP contribution in [0.15, 0.2) is 0 Å².